The van der Waals surface area contributed by atoms with Gasteiger partial charge in [0.2, 0.25) is 0 Å². The molecule has 23 heavy (non-hydrogen) atoms. The highest BCUT2D eigenvalue weighted by Crippen LogP contribution is 2.22. The predicted octanol–water partition coefficient (Wildman–Crippen LogP) is 2.60. The largest absolute Gasteiger partial charge is 0.337 e. The Kier molecular flexibility index (Phi) is 4.11. The van der Waals surface area contributed by atoms with Gasteiger partial charge >= 0.3 is 0 Å². The maximum Gasteiger partial charge on any atom is 0.274 e. The molecule has 1 saturated heterocycles. The third-order valence-corrected chi connectivity index (χ3v) is 4.20. The minimum Gasteiger partial charge on any atom is -0.337 e. The molecular weight excluding hydrogens is 295 g/mol. The van der Waals surface area contributed by atoms with E-state index in [4.69, 9.17) is 5.26 Å². The maximum absolute atomic E-state index is 13.0. The van der Waals surface area contributed by atoms with E-state index in [-0.39, 0.29) is 17.6 Å². The van der Waals surface area contributed by atoms with E-state index >= 15 is 0 Å². The number of hydrogen-bond donors (Lipinski definition) is 0. The van der Waals surface area contributed by atoms with E-state index in [1.54, 1.807) is 34.8 Å². The molecule has 5 nitrogen and oxygen atoms in total. The van der Waals surface area contributed by atoms with Crippen LogP contribution in [0.3, 0.4) is 0 Å². The molecule has 0 spiro atoms. The van der Waals surface area contributed by atoms with Crippen molar-refractivity contribution in [3.63, 3.8) is 0 Å². The summed E-state index contributed by atoms with van der Waals surface area (Å²) >= 11 is 0. The van der Waals surface area contributed by atoms with Crippen molar-refractivity contribution in [1.82, 2.24) is 14.7 Å². The van der Waals surface area contributed by atoms with E-state index < -0.39 is 0 Å². The average molecular weight is 312 g/mol. The third kappa shape index (κ3) is 3.09. The number of nitriles is 1. The van der Waals surface area contributed by atoms with Crippen LogP contribution >= 0.6 is 0 Å². The zero-order valence-corrected chi connectivity index (χ0v) is 12.9. The van der Waals surface area contributed by atoms with E-state index in [0.717, 1.165) is 11.3 Å². The first-order valence-corrected chi connectivity index (χ1v) is 7.57. The van der Waals surface area contributed by atoms with Crippen LogP contribution < -0.4 is 0 Å². The van der Waals surface area contributed by atoms with Crippen LogP contribution in [0.4, 0.5) is 4.39 Å². The Balaban J connectivity index is 1.79. The molecule has 2 aromatic rings. The van der Waals surface area contributed by atoms with Gasteiger partial charge in [0.05, 0.1) is 11.8 Å². The molecule has 1 fully saturated rings. The molecule has 2 heterocycles. The average Bonchev–Trinajstić information content (AvgIpc) is 2.97. The highest BCUT2D eigenvalue weighted by molar-refractivity contribution is 5.93. The second kappa shape index (κ2) is 6.21. The van der Waals surface area contributed by atoms with Crippen LogP contribution in [0.2, 0.25) is 0 Å². The Labute approximate surface area is 133 Å². The summed E-state index contributed by atoms with van der Waals surface area (Å²) in [5.74, 6) is -0.379. The normalized spacial score (nSPS) is 15.4. The Morgan fingerprint density at radius 1 is 1.30 bits per heavy atom. The van der Waals surface area contributed by atoms with Crippen LogP contribution in [0.5, 0.6) is 0 Å². The van der Waals surface area contributed by atoms with Crippen molar-refractivity contribution in [2.45, 2.75) is 12.8 Å². The molecular formula is C17H17FN4O. The predicted molar refractivity (Wildman–Crippen MR) is 82.8 cm³/mol. The summed E-state index contributed by atoms with van der Waals surface area (Å²) in [5, 5.41) is 13.2. The zero-order chi connectivity index (χ0) is 16.4. The van der Waals surface area contributed by atoms with Gasteiger partial charge in [-0.25, -0.2) is 4.39 Å². The van der Waals surface area contributed by atoms with Crippen LogP contribution in [0.1, 0.15) is 23.3 Å². The van der Waals surface area contributed by atoms with Crippen molar-refractivity contribution in [2.24, 2.45) is 13.0 Å². The molecule has 0 unspecified atom stereocenters. The molecule has 3 rings (SSSR count). The van der Waals surface area contributed by atoms with Crippen LogP contribution in [-0.4, -0.2) is 33.7 Å². The number of nitrogens with zero attached hydrogens (tertiary/aromatic N) is 4. The fraction of sp³-hybridized carbons (Fsp3) is 0.353. The van der Waals surface area contributed by atoms with Crippen LogP contribution in [-0.2, 0) is 7.05 Å². The van der Waals surface area contributed by atoms with Crippen LogP contribution in [0, 0.1) is 23.1 Å². The maximum atomic E-state index is 13.0. The first-order valence-electron chi connectivity index (χ1n) is 7.57. The molecule has 1 aliphatic rings. The smallest absolute Gasteiger partial charge is 0.274 e. The van der Waals surface area contributed by atoms with Gasteiger partial charge in [0.15, 0.2) is 5.69 Å². The number of carbonyl (C=O) groups excluding carboxylic acids is 1. The van der Waals surface area contributed by atoms with E-state index in [0.29, 0.717) is 31.6 Å². The Morgan fingerprint density at radius 3 is 2.57 bits per heavy atom. The number of likely N-dealkylation sites (tertiary alicyclic amines) is 1. The van der Waals surface area contributed by atoms with Gasteiger partial charge in [-0.1, -0.05) is 0 Å². The monoisotopic (exact) mass is 312 g/mol. The SMILES string of the molecule is Cn1nc(C(=O)N2CCC(C#N)CC2)cc1-c1ccc(F)cc1. The van der Waals surface area contributed by atoms with Gasteiger partial charge in [0, 0.05) is 26.1 Å². The Morgan fingerprint density at radius 2 is 1.96 bits per heavy atom. The quantitative estimate of drug-likeness (QED) is 0.856. The lowest BCUT2D eigenvalue weighted by molar-refractivity contribution is 0.0700. The molecule has 0 aliphatic carbocycles. The number of hydrogen-bond acceptors (Lipinski definition) is 3. The number of piperidine rings is 1. The second-order valence-electron chi connectivity index (χ2n) is 5.74. The highest BCUT2D eigenvalue weighted by Gasteiger charge is 2.25. The minimum absolute atomic E-state index is 0.0394. The number of aromatic nitrogens is 2. The molecule has 0 atom stereocenters. The number of benzene rings is 1. The topological polar surface area (TPSA) is 61.9 Å². The van der Waals surface area contributed by atoms with Gasteiger partial charge in [-0.2, -0.15) is 10.4 Å². The molecule has 0 radical (unpaired) electrons. The summed E-state index contributed by atoms with van der Waals surface area (Å²) in [7, 11) is 1.76. The standard InChI is InChI=1S/C17H17FN4O/c1-21-16(13-2-4-14(18)5-3-13)10-15(20-21)17(23)22-8-6-12(11-19)7-9-22/h2-5,10,12H,6-9H2,1H3. The Hall–Kier alpha value is -2.68. The molecule has 1 amide bonds. The van der Waals surface area contributed by atoms with Gasteiger partial charge in [-0.05, 0) is 48.7 Å². The second-order valence-corrected chi connectivity index (χ2v) is 5.74. The fourth-order valence-corrected chi connectivity index (χ4v) is 2.84. The third-order valence-electron chi connectivity index (χ3n) is 4.20. The first-order chi connectivity index (χ1) is 11.1. The summed E-state index contributed by atoms with van der Waals surface area (Å²) < 4.78 is 14.7. The minimum atomic E-state index is -0.299. The van der Waals surface area contributed by atoms with Crippen molar-refractivity contribution in [3.8, 4) is 17.3 Å². The van der Waals surface area contributed by atoms with Crippen LogP contribution in [0.25, 0.3) is 11.3 Å². The number of aryl methyl sites for hydroxylation is 1. The van der Waals surface area contributed by atoms with Crippen molar-refractivity contribution >= 4 is 5.91 Å². The molecule has 6 heteroatoms. The summed E-state index contributed by atoms with van der Waals surface area (Å²) in [5.41, 5.74) is 1.95. The van der Waals surface area contributed by atoms with Gasteiger partial charge < -0.3 is 4.90 Å². The molecule has 1 aromatic carbocycles. The highest BCUT2D eigenvalue weighted by atomic mass is 19.1. The lowest BCUT2D eigenvalue weighted by Crippen LogP contribution is -2.38. The fourth-order valence-electron chi connectivity index (χ4n) is 2.84. The molecule has 0 bridgehead atoms. The molecule has 1 aliphatic heterocycles. The van der Waals surface area contributed by atoms with E-state index in [1.165, 1.54) is 12.1 Å². The molecule has 0 N–H and O–H groups in total. The van der Waals surface area contributed by atoms with Crippen LogP contribution in [0.15, 0.2) is 30.3 Å². The van der Waals surface area contributed by atoms with Crippen molar-refractivity contribution in [2.75, 3.05) is 13.1 Å². The number of halogens is 1. The van der Waals surface area contributed by atoms with Gasteiger partial charge in [-0.3, -0.25) is 9.48 Å². The van der Waals surface area contributed by atoms with Crippen molar-refractivity contribution in [3.05, 3.63) is 41.8 Å². The summed E-state index contributed by atoms with van der Waals surface area (Å²) in [6.45, 7) is 1.17. The van der Waals surface area contributed by atoms with E-state index in [2.05, 4.69) is 11.2 Å². The summed E-state index contributed by atoms with van der Waals surface area (Å²) in [4.78, 5) is 14.3. The van der Waals surface area contributed by atoms with Gasteiger partial charge in [0.25, 0.3) is 5.91 Å². The first kappa shape index (κ1) is 15.2. The molecule has 1 aromatic heterocycles. The van der Waals surface area contributed by atoms with Crippen molar-refractivity contribution in [1.29, 1.82) is 5.26 Å². The number of carbonyl (C=O) groups is 1. The van der Waals surface area contributed by atoms with E-state index in [1.807, 2.05) is 0 Å². The molecule has 0 saturated carbocycles. The Bertz CT molecular complexity index is 752. The number of amides is 1. The van der Waals surface area contributed by atoms with Crippen molar-refractivity contribution < 1.29 is 9.18 Å². The molecule has 118 valence electrons. The van der Waals surface area contributed by atoms with E-state index in [9.17, 15) is 9.18 Å². The number of rotatable bonds is 2. The summed E-state index contributed by atoms with van der Waals surface area (Å²) in [6.07, 6.45) is 1.42. The lowest BCUT2D eigenvalue weighted by atomic mass is 9.98. The lowest BCUT2D eigenvalue weighted by Gasteiger charge is -2.28. The summed E-state index contributed by atoms with van der Waals surface area (Å²) in [6, 6.07) is 10.1. The zero-order valence-electron chi connectivity index (χ0n) is 12.9. The van der Waals surface area contributed by atoms with Gasteiger partial charge in [0.1, 0.15) is 5.82 Å². The van der Waals surface area contributed by atoms with Gasteiger partial charge in [-0.15, -0.1) is 0 Å².